The van der Waals surface area contributed by atoms with E-state index in [1.54, 1.807) is 12.1 Å². The van der Waals surface area contributed by atoms with Gasteiger partial charge < -0.3 is 26.3 Å². The second-order valence-electron chi connectivity index (χ2n) is 5.46. The number of pyridine rings is 1. The summed E-state index contributed by atoms with van der Waals surface area (Å²) in [5.74, 6) is 5.40. The molecule has 0 saturated carbocycles. The first-order valence-corrected chi connectivity index (χ1v) is 7.59. The minimum Gasteiger partial charge on any atom is -0.394 e. The van der Waals surface area contributed by atoms with Crippen LogP contribution in [0.3, 0.4) is 0 Å². The summed E-state index contributed by atoms with van der Waals surface area (Å²) in [5, 5.41) is 41.9. The van der Waals surface area contributed by atoms with Crippen molar-refractivity contribution in [2.45, 2.75) is 25.2 Å². The highest BCUT2D eigenvalue weighted by Gasteiger charge is 2.28. The van der Waals surface area contributed by atoms with Crippen LogP contribution in [0.25, 0.3) is 0 Å². The fraction of sp³-hybridized carbons (Fsp3) is 0.333. The van der Waals surface area contributed by atoms with Gasteiger partial charge in [-0.3, -0.25) is 9.78 Å². The van der Waals surface area contributed by atoms with Gasteiger partial charge in [0, 0.05) is 12.4 Å². The smallest absolute Gasteiger partial charge is 0.272 e. The summed E-state index contributed by atoms with van der Waals surface area (Å²) < 4.78 is 1.05. The SMILES string of the molecule is C/C(=N\NC(=O)c1cccnc1)c1nc([C@@H](O)[C@H](O)[C@H](O)CO)cn1N. The van der Waals surface area contributed by atoms with E-state index in [1.165, 1.54) is 25.5 Å². The van der Waals surface area contributed by atoms with Gasteiger partial charge in [0.15, 0.2) is 5.82 Å². The topological polar surface area (TPSA) is 179 Å². The number of hydrogen-bond donors (Lipinski definition) is 6. The van der Waals surface area contributed by atoms with E-state index < -0.39 is 30.8 Å². The van der Waals surface area contributed by atoms with Crippen LogP contribution in [0.4, 0.5) is 0 Å². The van der Waals surface area contributed by atoms with Crippen molar-refractivity contribution in [2.24, 2.45) is 5.10 Å². The molecule has 11 heteroatoms. The molecule has 1 amide bonds. The average molecular weight is 364 g/mol. The van der Waals surface area contributed by atoms with Crippen LogP contribution in [-0.2, 0) is 0 Å². The van der Waals surface area contributed by atoms with Gasteiger partial charge in [-0.2, -0.15) is 5.10 Å². The maximum absolute atomic E-state index is 11.9. The van der Waals surface area contributed by atoms with Gasteiger partial charge in [-0.05, 0) is 19.1 Å². The molecule has 0 saturated heterocycles. The molecule has 0 fully saturated rings. The molecule has 140 valence electrons. The van der Waals surface area contributed by atoms with Gasteiger partial charge in [0.05, 0.1) is 24.1 Å². The number of aromatic nitrogens is 3. The number of nitrogens with zero attached hydrogens (tertiary/aromatic N) is 4. The molecule has 2 aromatic heterocycles. The lowest BCUT2D eigenvalue weighted by atomic mass is 10.1. The molecule has 0 unspecified atom stereocenters. The largest absolute Gasteiger partial charge is 0.394 e. The van der Waals surface area contributed by atoms with Crippen LogP contribution < -0.4 is 11.3 Å². The average Bonchev–Trinajstić information content (AvgIpc) is 3.06. The minimum atomic E-state index is -1.65. The number of carbonyl (C=O) groups excluding carboxylic acids is 1. The van der Waals surface area contributed by atoms with E-state index in [2.05, 4.69) is 20.5 Å². The molecule has 0 aromatic carbocycles. The first-order chi connectivity index (χ1) is 12.3. The van der Waals surface area contributed by atoms with E-state index in [0.717, 1.165) is 4.68 Å². The van der Waals surface area contributed by atoms with Crippen molar-refractivity contribution < 1.29 is 25.2 Å². The van der Waals surface area contributed by atoms with Crippen LogP contribution in [0.2, 0.25) is 0 Å². The van der Waals surface area contributed by atoms with E-state index in [-0.39, 0.29) is 17.2 Å². The predicted octanol–water partition coefficient (Wildman–Crippen LogP) is -2.11. The summed E-state index contributed by atoms with van der Waals surface area (Å²) in [4.78, 5) is 19.8. The van der Waals surface area contributed by atoms with Crippen molar-refractivity contribution in [3.8, 4) is 0 Å². The van der Waals surface area contributed by atoms with Crippen LogP contribution in [0.15, 0.2) is 35.8 Å². The van der Waals surface area contributed by atoms with Crippen molar-refractivity contribution in [2.75, 3.05) is 12.4 Å². The fourth-order valence-electron chi connectivity index (χ4n) is 2.06. The van der Waals surface area contributed by atoms with Crippen molar-refractivity contribution in [3.63, 3.8) is 0 Å². The predicted molar refractivity (Wildman–Crippen MR) is 90.4 cm³/mol. The van der Waals surface area contributed by atoms with Crippen LogP contribution in [0, 0.1) is 0 Å². The molecular weight excluding hydrogens is 344 g/mol. The number of nitrogen functional groups attached to an aromatic ring is 1. The summed E-state index contributed by atoms with van der Waals surface area (Å²) in [6.07, 6.45) is -0.610. The van der Waals surface area contributed by atoms with Crippen LogP contribution in [0.1, 0.15) is 34.9 Å². The molecule has 0 aliphatic rings. The lowest BCUT2D eigenvalue weighted by Gasteiger charge is -2.19. The van der Waals surface area contributed by atoms with E-state index in [9.17, 15) is 20.1 Å². The van der Waals surface area contributed by atoms with Crippen LogP contribution in [-0.4, -0.2) is 65.5 Å². The lowest BCUT2D eigenvalue weighted by Crippen LogP contribution is -2.34. The quantitative estimate of drug-likeness (QED) is 0.183. The van der Waals surface area contributed by atoms with Gasteiger partial charge in [0.2, 0.25) is 0 Å². The Labute approximate surface area is 148 Å². The summed E-state index contributed by atoms with van der Waals surface area (Å²) in [5.41, 5.74) is 2.85. The number of aliphatic hydroxyl groups is 4. The molecule has 26 heavy (non-hydrogen) atoms. The molecule has 11 nitrogen and oxygen atoms in total. The molecule has 3 atom stereocenters. The van der Waals surface area contributed by atoms with E-state index >= 15 is 0 Å². The van der Waals surface area contributed by atoms with E-state index in [4.69, 9.17) is 10.9 Å². The molecule has 0 bridgehead atoms. The van der Waals surface area contributed by atoms with E-state index in [0.29, 0.717) is 5.56 Å². The van der Waals surface area contributed by atoms with Crippen LogP contribution in [0.5, 0.6) is 0 Å². The normalized spacial score (nSPS) is 15.3. The van der Waals surface area contributed by atoms with Gasteiger partial charge in [-0.1, -0.05) is 0 Å². The minimum absolute atomic E-state index is 0.0318. The molecule has 2 rings (SSSR count). The van der Waals surface area contributed by atoms with Crippen molar-refractivity contribution >= 4 is 11.6 Å². The summed E-state index contributed by atoms with van der Waals surface area (Å²) in [6.45, 7) is 0.805. The fourth-order valence-corrected chi connectivity index (χ4v) is 2.06. The molecular formula is C15H20N6O5. The Morgan fingerprint density at radius 3 is 2.77 bits per heavy atom. The van der Waals surface area contributed by atoms with Crippen molar-refractivity contribution in [1.29, 1.82) is 0 Å². The number of aliphatic hydroxyl groups excluding tert-OH is 4. The monoisotopic (exact) mass is 364 g/mol. The Bertz CT molecular complexity index is 778. The maximum atomic E-state index is 11.9. The second-order valence-corrected chi connectivity index (χ2v) is 5.46. The number of nitrogens with one attached hydrogen (secondary N) is 1. The highest BCUT2D eigenvalue weighted by molar-refractivity contribution is 5.98. The van der Waals surface area contributed by atoms with Gasteiger partial charge >= 0.3 is 0 Å². The zero-order chi connectivity index (χ0) is 19.3. The number of rotatable bonds is 7. The molecule has 0 radical (unpaired) electrons. The van der Waals surface area contributed by atoms with Gasteiger partial charge in [0.1, 0.15) is 24.0 Å². The summed E-state index contributed by atoms with van der Waals surface area (Å²) in [7, 11) is 0. The molecule has 2 aromatic rings. The Hall–Kier alpha value is -2.86. The zero-order valence-corrected chi connectivity index (χ0v) is 13.9. The molecule has 0 aliphatic carbocycles. The Kier molecular flexibility index (Phi) is 6.36. The van der Waals surface area contributed by atoms with Crippen LogP contribution >= 0.6 is 0 Å². The number of amides is 1. The first kappa shape index (κ1) is 19.5. The lowest BCUT2D eigenvalue weighted by molar-refractivity contribution is -0.0788. The number of hydrazone groups is 1. The Morgan fingerprint density at radius 2 is 2.15 bits per heavy atom. The third-order valence-electron chi connectivity index (χ3n) is 3.53. The van der Waals surface area contributed by atoms with Gasteiger partial charge in [-0.15, -0.1) is 0 Å². The zero-order valence-electron chi connectivity index (χ0n) is 13.9. The highest BCUT2D eigenvalue weighted by atomic mass is 16.4. The third kappa shape index (κ3) is 4.40. The molecule has 0 aliphatic heterocycles. The number of hydrogen-bond acceptors (Lipinski definition) is 9. The first-order valence-electron chi connectivity index (χ1n) is 7.59. The van der Waals surface area contributed by atoms with E-state index in [1.807, 2.05) is 0 Å². The highest BCUT2D eigenvalue weighted by Crippen LogP contribution is 2.18. The molecule has 0 spiro atoms. The van der Waals surface area contributed by atoms with Gasteiger partial charge in [0.25, 0.3) is 5.91 Å². The number of carbonyl (C=O) groups is 1. The summed E-state index contributed by atoms with van der Waals surface area (Å²) in [6, 6.07) is 3.18. The standard InChI is InChI=1S/C15H20N6O5/c1-8(19-20-15(26)9-3-2-4-17-5-9)14-18-10(6-21(14)16)12(24)13(25)11(23)7-22/h2-6,11-13,22-25H,7,16H2,1H3,(H,20,26)/b19-8+/t11-,12-,13-/m1/s1. The van der Waals surface area contributed by atoms with Crippen molar-refractivity contribution in [1.82, 2.24) is 20.1 Å². The maximum Gasteiger partial charge on any atom is 0.272 e. The Morgan fingerprint density at radius 1 is 1.42 bits per heavy atom. The Balaban J connectivity index is 2.13. The number of nitrogens with two attached hydrogens (primary N) is 1. The van der Waals surface area contributed by atoms with Gasteiger partial charge in [-0.25, -0.2) is 15.1 Å². The number of imidazole rings is 1. The summed E-state index contributed by atoms with van der Waals surface area (Å²) >= 11 is 0. The molecule has 2 heterocycles. The second kappa shape index (κ2) is 8.49. The molecule has 7 N–H and O–H groups in total. The third-order valence-corrected chi connectivity index (χ3v) is 3.53. The van der Waals surface area contributed by atoms with Crippen molar-refractivity contribution in [3.05, 3.63) is 47.8 Å².